The molecule has 0 aliphatic rings. The quantitative estimate of drug-likeness (QED) is 0.783. The van der Waals surface area contributed by atoms with Gasteiger partial charge in [-0.15, -0.1) is 0 Å². The third-order valence-electron chi connectivity index (χ3n) is 3.33. The molecule has 0 aliphatic carbocycles. The van der Waals surface area contributed by atoms with E-state index in [2.05, 4.69) is 10.3 Å². The Morgan fingerprint density at radius 2 is 2.09 bits per heavy atom. The van der Waals surface area contributed by atoms with Crippen molar-refractivity contribution in [2.75, 3.05) is 6.61 Å². The van der Waals surface area contributed by atoms with Gasteiger partial charge in [0, 0.05) is 17.4 Å². The summed E-state index contributed by atoms with van der Waals surface area (Å²) in [7, 11) is 0. The second-order valence-corrected chi connectivity index (χ2v) is 5.66. The number of amides is 1. The van der Waals surface area contributed by atoms with Gasteiger partial charge in [0.25, 0.3) is 5.91 Å². The fourth-order valence-electron chi connectivity index (χ4n) is 2.12. The van der Waals surface area contributed by atoms with Gasteiger partial charge in [0.1, 0.15) is 11.4 Å². The Morgan fingerprint density at radius 3 is 2.87 bits per heavy atom. The summed E-state index contributed by atoms with van der Waals surface area (Å²) in [4.78, 5) is 16.2. The second kappa shape index (κ2) is 6.71. The van der Waals surface area contributed by atoms with Gasteiger partial charge in [-0.05, 0) is 31.2 Å². The first-order chi connectivity index (χ1) is 11.1. The number of nitrogens with zero attached hydrogens (tertiary/aromatic N) is 2. The molecule has 6 heteroatoms. The zero-order chi connectivity index (χ0) is 16.2. The van der Waals surface area contributed by atoms with Crippen LogP contribution in [0, 0.1) is 6.92 Å². The molecule has 118 valence electrons. The number of hydrogen-bond donors (Lipinski definition) is 1. The predicted molar refractivity (Wildman–Crippen MR) is 88.7 cm³/mol. The topological polar surface area (TPSA) is 55.6 Å². The lowest BCUT2D eigenvalue weighted by molar-refractivity contribution is -0.123. The molecule has 3 rings (SSSR count). The molecular formula is C17H16ClN3O2. The molecule has 0 saturated heterocycles. The molecule has 0 bridgehead atoms. The highest BCUT2D eigenvalue weighted by Gasteiger charge is 2.06. The van der Waals surface area contributed by atoms with Gasteiger partial charge in [-0.2, -0.15) is 0 Å². The number of fused-ring (bicyclic) bond motifs is 1. The van der Waals surface area contributed by atoms with Crippen LogP contribution in [0.3, 0.4) is 0 Å². The third-order valence-corrected chi connectivity index (χ3v) is 3.56. The summed E-state index contributed by atoms with van der Waals surface area (Å²) >= 11 is 5.93. The van der Waals surface area contributed by atoms with Gasteiger partial charge in [0.05, 0.1) is 12.2 Å². The van der Waals surface area contributed by atoms with Gasteiger partial charge in [0.15, 0.2) is 6.61 Å². The normalized spacial score (nSPS) is 10.7. The number of ether oxygens (including phenoxy) is 1. The molecule has 1 N–H and O–H groups in total. The number of carbonyl (C=O) groups excluding carboxylic acids is 1. The first-order valence-electron chi connectivity index (χ1n) is 7.19. The molecule has 23 heavy (non-hydrogen) atoms. The maximum Gasteiger partial charge on any atom is 0.258 e. The van der Waals surface area contributed by atoms with E-state index in [0.29, 0.717) is 17.3 Å². The van der Waals surface area contributed by atoms with Gasteiger partial charge < -0.3 is 14.5 Å². The average molecular weight is 330 g/mol. The zero-order valence-electron chi connectivity index (χ0n) is 12.6. The van der Waals surface area contributed by atoms with Crippen LogP contribution in [0.25, 0.3) is 5.65 Å². The average Bonchev–Trinajstić information content (AvgIpc) is 2.94. The summed E-state index contributed by atoms with van der Waals surface area (Å²) in [5.41, 5.74) is 2.65. The van der Waals surface area contributed by atoms with Crippen LogP contribution in [0.1, 0.15) is 11.3 Å². The maximum atomic E-state index is 11.8. The van der Waals surface area contributed by atoms with Crippen LogP contribution in [0.15, 0.2) is 48.8 Å². The molecule has 0 aliphatic heterocycles. The highest BCUT2D eigenvalue weighted by Crippen LogP contribution is 2.13. The smallest absolute Gasteiger partial charge is 0.258 e. The number of benzene rings is 1. The van der Waals surface area contributed by atoms with Crippen molar-refractivity contribution >= 4 is 23.2 Å². The molecule has 5 nitrogen and oxygen atoms in total. The van der Waals surface area contributed by atoms with Crippen LogP contribution in [0.5, 0.6) is 5.75 Å². The molecule has 0 radical (unpaired) electrons. The number of halogens is 1. The van der Waals surface area contributed by atoms with Crippen LogP contribution in [0.2, 0.25) is 5.02 Å². The van der Waals surface area contributed by atoms with E-state index in [0.717, 1.165) is 16.9 Å². The molecule has 0 unspecified atom stereocenters. The summed E-state index contributed by atoms with van der Waals surface area (Å²) < 4.78 is 7.29. The van der Waals surface area contributed by atoms with Gasteiger partial charge in [-0.3, -0.25) is 4.79 Å². The van der Waals surface area contributed by atoms with Crippen LogP contribution in [-0.2, 0) is 11.3 Å². The maximum absolute atomic E-state index is 11.8. The van der Waals surface area contributed by atoms with E-state index in [1.54, 1.807) is 12.1 Å². The molecular weight excluding hydrogens is 314 g/mol. The highest BCUT2D eigenvalue weighted by molar-refractivity contribution is 6.30. The lowest BCUT2D eigenvalue weighted by atomic mass is 10.2. The number of pyridine rings is 1. The predicted octanol–water partition coefficient (Wildman–Crippen LogP) is 2.99. The summed E-state index contributed by atoms with van der Waals surface area (Å²) in [5.74, 6) is 0.480. The van der Waals surface area contributed by atoms with Gasteiger partial charge in [-0.25, -0.2) is 4.98 Å². The van der Waals surface area contributed by atoms with Crippen LogP contribution < -0.4 is 10.1 Å². The van der Waals surface area contributed by atoms with E-state index < -0.39 is 0 Å². The lowest BCUT2D eigenvalue weighted by Gasteiger charge is -2.06. The highest BCUT2D eigenvalue weighted by atomic mass is 35.5. The standard InChI is InChI=1S/C17H16ClN3O2/c1-12-2-4-15(5-3-12)23-11-17(22)19-9-14-10-21-7-6-13(18)8-16(21)20-14/h2-8,10H,9,11H2,1H3,(H,19,22). The van der Waals surface area contributed by atoms with Crippen molar-refractivity contribution in [1.82, 2.24) is 14.7 Å². The van der Waals surface area contributed by atoms with Crippen molar-refractivity contribution in [3.63, 3.8) is 0 Å². The number of aryl methyl sites for hydroxylation is 1. The Kier molecular flexibility index (Phi) is 4.48. The lowest BCUT2D eigenvalue weighted by Crippen LogP contribution is -2.28. The third kappa shape index (κ3) is 4.02. The number of carbonyl (C=O) groups is 1. The minimum atomic E-state index is -0.194. The van der Waals surface area contributed by atoms with E-state index in [1.807, 2.05) is 48.0 Å². The van der Waals surface area contributed by atoms with E-state index in [1.165, 1.54) is 0 Å². The molecule has 3 aromatic rings. The summed E-state index contributed by atoms with van der Waals surface area (Å²) in [5, 5.41) is 3.41. The van der Waals surface area contributed by atoms with Crippen molar-refractivity contribution in [1.29, 1.82) is 0 Å². The van der Waals surface area contributed by atoms with E-state index in [-0.39, 0.29) is 12.5 Å². The summed E-state index contributed by atoms with van der Waals surface area (Å²) in [6, 6.07) is 11.1. The van der Waals surface area contributed by atoms with Crippen LogP contribution in [0.4, 0.5) is 0 Å². The molecule has 0 fully saturated rings. The Labute approximate surface area is 138 Å². The molecule has 0 spiro atoms. The number of nitrogens with one attached hydrogen (secondary N) is 1. The molecule has 0 saturated carbocycles. The Balaban J connectivity index is 1.52. The monoisotopic (exact) mass is 329 g/mol. The minimum absolute atomic E-state index is 0.0255. The van der Waals surface area contributed by atoms with Gasteiger partial charge in [0.2, 0.25) is 0 Å². The fourth-order valence-corrected chi connectivity index (χ4v) is 2.27. The van der Waals surface area contributed by atoms with Gasteiger partial charge in [-0.1, -0.05) is 29.3 Å². The minimum Gasteiger partial charge on any atom is -0.484 e. The number of imidazole rings is 1. The first-order valence-corrected chi connectivity index (χ1v) is 7.57. The Bertz CT molecular complexity index is 827. The van der Waals surface area contributed by atoms with E-state index in [4.69, 9.17) is 16.3 Å². The van der Waals surface area contributed by atoms with Crippen molar-refractivity contribution in [3.8, 4) is 5.75 Å². The van der Waals surface area contributed by atoms with Crippen LogP contribution >= 0.6 is 11.6 Å². The summed E-state index contributed by atoms with van der Waals surface area (Å²) in [6.45, 7) is 2.32. The van der Waals surface area contributed by atoms with E-state index in [9.17, 15) is 4.79 Å². The Morgan fingerprint density at radius 1 is 1.30 bits per heavy atom. The van der Waals surface area contributed by atoms with Crippen molar-refractivity contribution in [2.45, 2.75) is 13.5 Å². The van der Waals surface area contributed by atoms with E-state index >= 15 is 0 Å². The van der Waals surface area contributed by atoms with Crippen molar-refractivity contribution in [3.05, 3.63) is 65.1 Å². The number of rotatable bonds is 5. The largest absolute Gasteiger partial charge is 0.484 e. The number of aromatic nitrogens is 2. The van der Waals surface area contributed by atoms with Crippen molar-refractivity contribution < 1.29 is 9.53 Å². The SMILES string of the molecule is Cc1ccc(OCC(=O)NCc2cn3ccc(Cl)cc3n2)cc1. The zero-order valence-corrected chi connectivity index (χ0v) is 13.4. The van der Waals surface area contributed by atoms with Crippen LogP contribution in [-0.4, -0.2) is 21.9 Å². The first kappa shape index (κ1) is 15.4. The number of hydrogen-bond acceptors (Lipinski definition) is 3. The van der Waals surface area contributed by atoms with Gasteiger partial charge >= 0.3 is 0 Å². The van der Waals surface area contributed by atoms with Crippen molar-refractivity contribution in [2.24, 2.45) is 0 Å². The molecule has 1 amide bonds. The molecule has 0 atom stereocenters. The molecule has 2 aromatic heterocycles. The molecule has 2 heterocycles. The summed E-state index contributed by atoms with van der Waals surface area (Å²) in [6.07, 6.45) is 3.68. The fraction of sp³-hybridized carbons (Fsp3) is 0.176. The Hall–Kier alpha value is -2.53. The second-order valence-electron chi connectivity index (χ2n) is 5.22. The molecule has 1 aromatic carbocycles.